The van der Waals surface area contributed by atoms with Gasteiger partial charge < -0.3 is 0 Å². The lowest BCUT2D eigenvalue weighted by molar-refractivity contribution is 0.626. The maximum atomic E-state index is 13.0. The molecule has 0 N–H and O–H groups in total. The van der Waals surface area contributed by atoms with Crippen LogP contribution >= 0.6 is 11.6 Å². The first-order valence-corrected chi connectivity index (χ1v) is 7.44. The van der Waals surface area contributed by atoms with Crippen molar-refractivity contribution in [2.45, 2.75) is 11.5 Å². The van der Waals surface area contributed by atoms with Crippen LogP contribution in [-0.4, -0.2) is 4.21 Å². The average molecular weight is 301 g/mol. The Kier molecular flexibility index (Phi) is 4.66. The summed E-state index contributed by atoms with van der Waals surface area (Å²) in [5, 5.41) is 0.257. The second-order valence-corrected chi connectivity index (χ2v) is 5.96. The van der Waals surface area contributed by atoms with E-state index in [-0.39, 0.29) is 22.3 Å². The molecule has 0 bridgehead atoms. The van der Waals surface area contributed by atoms with Gasteiger partial charge in [-0.25, -0.2) is 8.78 Å². The number of hydrogen-bond donors (Lipinski definition) is 0. The summed E-state index contributed by atoms with van der Waals surface area (Å²) in [6.45, 7) is 0. The van der Waals surface area contributed by atoms with Crippen molar-refractivity contribution in [1.29, 1.82) is 0 Å². The number of rotatable bonds is 4. The summed E-state index contributed by atoms with van der Waals surface area (Å²) in [5.41, 5.74) is 1.29. The largest absolute Gasteiger partial charge is 0.259 e. The predicted molar refractivity (Wildman–Crippen MR) is 73.4 cm³/mol. The van der Waals surface area contributed by atoms with Gasteiger partial charge in [0.25, 0.3) is 0 Å². The van der Waals surface area contributed by atoms with E-state index < -0.39 is 16.6 Å². The van der Waals surface area contributed by atoms with E-state index in [1.807, 2.05) is 0 Å². The molecule has 1 nitrogen and oxygen atoms in total. The fourth-order valence-electron chi connectivity index (χ4n) is 1.68. The normalized spacial score (nSPS) is 12.4. The molecule has 0 spiro atoms. The number of halogens is 3. The zero-order chi connectivity index (χ0) is 13.8. The molecule has 1 unspecified atom stereocenters. The Balaban J connectivity index is 2.05. The summed E-state index contributed by atoms with van der Waals surface area (Å²) >= 11 is 5.87. The SMILES string of the molecule is O=S(Cc1cccc(F)c1)Cc1ccc(F)cc1Cl. The van der Waals surface area contributed by atoms with Crippen LogP contribution in [0.5, 0.6) is 0 Å². The molecule has 2 rings (SSSR count). The Morgan fingerprint density at radius 2 is 1.74 bits per heavy atom. The first kappa shape index (κ1) is 14.2. The average Bonchev–Trinajstić information content (AvgIpc) is 2.33. The molecule has 0 amide bonds. The van der Waals surface area contributed by atoms with Crippen molar-refractivity contribution in [2.75, 3.05) is 0 Å². The van der Waals surface area contributed by atoms with Gasteiger partial charge in [-0.1, -0.05) is 29.8 Å². The van der Waals surface area contributed by atoms with Crippen LogP contribution in [0.1, 0.15) is 11.1 Å². The summed E-state index contributed by atoms with van der Waals surface area (Å²) in [6, 6.07) is 9.96. The Labute approximate surface area is 117 Å². The molecule has 0 saturated carbocycles. The van der Waals surface area contributed by atoms with Gasteiger partial charge in [0.2, 0.25) is 0 Å². The van der Waals surface area contributed by atoms with E-state index in [4.69, 9.17) is 11.6 Å². The highest BCUT2D eigenvalue weighted by Crippen LogP contribution is 2.20. The monoisotopic (exact) mass is 300 g/mol. The van der Waals surface area contributed by atoms with Crippen molar-refractivity contribution in [1.82, 2.24) is 0 Å². The Morgan fingerprint density at radius 1 is 1.00 bits per heavy atom. The van der Waals surface area contributed by atoms with Gasteiger partial charge in [-0.05, 0) is 35.4 Å². The molecule has 0 fully saturated rings. The van der Waals surface area contributed by atoms with Gasteiger partial charge in [-0.15, -0.1) is 0 Å². The molecular formula is C14H11ClF2OS. The summed E-state index contributed by atoms with van der Waals surface area (Å²) in [6.07, 6.45) is 0. The third kappa shape index (κ3) is 4.11. The highest BCUT2D eigenvalue weighted by molar-refractivity contribution is 7.83. The molecule has 0 saturated heterocycles. The molecule has 0 heterocycles. The van der Waals surface area contributed by atoms with Gasteiger partial charge in [0.05, 0.1) is 5.75 Å². The molecule has 0 aromatic heterocycles. The second kappa shape index (κ2) is 6.26. The Morgan fingerprint density at radius 3 is 2.42 bits per heavy atom. The third-order valence-electron chi connectivity index (χ3n) is 2.55. The predicted octanol–water partition coefficient (Wildman–Crippen LogP) is 4.07. The van der Waals surface area contributed by atoms with Crippen LogP contribution in [0.4, 0.5) is 8.78 Å². The smallest absolute Gasteiger partial charge is 0.124 e. The topological polar surface area (TPSA) is 17.1 Å². The van der Waals surface area contributed by atoms with Crippen LogP contribution in [0, 0.1) is 11.6 Å². The van der Waals surface area contributed by atoms with Crippen molar-refractivity contribution >= 4 is 22.4 Å². The lowest BCUT2D eigenvalue weighted by Crippen LogP contribution is -2.00. The van der Waals surface area contributed by atoms with Crippen molar-refractivity contribution in [3.63, 3.8) is 0 Å². The minimum atomic E-state index is -1.22. The van der Waals surface area contributed by atoms with Crippen LogP contribution in [0.2, 0.25) is 5.02 Å². The lowest BCUT2D eigenvalue weighted by Gasteiger charge is -2.05. The molecule has 0 aliphatic carbocycles. The molecule has 5 heteroatoms. The highest BCUT2D eigenvalue weighted by Gasteiger charge is 2.08. The van der Waals surface area contributed by atoms with E-state index in [0.29, 0.717) is 11.1 Å². The van der Waals surface area contributed by atoms with Crippen molar-refractivity contribution in [3.8, 4) is 0 Å². The minimum Gasteiger partial charge on any atom is -0.259 e. The summed E-state index contributed by atoms with van der Waals surface area (Å²) in [5.74, 6) is -0.319. The van der Waals surface area contributed by atoms with E-state index in [9.17, 15) is 13.0 Å². The molecule has 19 heavy (non-hydrogen) atoms. The maximum absolute atomic E-state index is 13.0. The summed E-state index contributed by atoms with van der Waals surface area (Å²) < 4.78 is 37.8. The van der Waals surface area contributed by atoms with Gasteiger partial charge in [0.1, 0.15) is 11.6 Å². The highest BCUT2D eigenvalue weighted by atomic mass is 35.5. The Hall–Kier alpha value is -1.26. The van der Waals surface area contributed by atoms with E-state index in [1.54, 1.807) is 12.1 Å². The lowest BCUT2D eigenvalue weighted by atomic mass is 10.2. The van der Waals surface area contributed by atoms with Crippen molar-refractivity contribution in [2.24, 2.45) is 0 Å². The third-order valence-corrected chi connectivity index (χ3v) is 4.19. The van der Waals surface area contributed by atoms with Crippen molar-refractivity contribution < 1.29 is 13.0 Å². The molecule has 100 valence electrons. The van der Waals surface area contributed by atoms with Crippen LogP contribution in [-0.2, 0) is 22.3 Å². The first-order valence-electron chi connectivity index (χ1n) is 5.58. The molecule has 0 aliphatic heterocycles. The number of benzene rings is 2. The fraction of sp³-hybridized carbons (Fsp3) is 0.143. The number of hydrogen-bond acceptors (Lipinski definition) is 1. The molecule has 0 radical (unpaired) electrons. The summed E-state index contributed by atoms with van der Waals surface area (Å²) in [7, 11) is -1.22. The van der Waals surface area contributed by atoms with E-state index in [0.717, 1.165) is 0 Å². The van der Waals surface area contributed by atoms with E-state index >= 15 is 0 Å². The standard InChI is InChI=1S/C14H11ClF2OS/c15-14-7-13(17)5-4-11(14)9-19(18)8-10-2-1-3-12(16)6-10/h1-7H,8-9H2. The first-order chi connectivity index (χ1) is 9.04. The summed E-state index contributed by atoms with van der Waals surface area (Å²) in [4.78, 5) is 0. The van der Waals surface area contributed by atoms with Gasteiger partial charge in [0, 0.05) is 21.6 Å². The van der Waals surface area contributed by atoms with E-state index in [1.165, 1.54) is 30.3 Å². The van der Waals surface area contributed by atoms with Gasteiger partial charge in [0.15, 0.2) is 0 Å². The maximum Gasteiger partial charge on any atom is 0.124 e. The molecular weight excluding hydrogens is 290 g/mol. The van der Waals surface area contributed by atoms with Crippen LogP contribution < -0.4 is 0 Å². The van der Waals surface area contributed by atoms with Gasteiger partial charge in [-0.3, -0.25) is 4.21 Å². The molecule has 1 atom stereocenters. The quantitative estimate of drug-likeness (QED) is 0.832. The van der Waals surface area contributed by atoms with Gasteiger partial charge >= 0.3 is 0 Å². The molecule has 2 aromatic carbocycles. The second-order valence-electron chi connectivity index (χ2n) is 4.09. The minimum absolute atomic E-state index is 0.218. The zero-order valence-corrected chi connectivity index (χ0v) is 11.5. The molecule has 2 aromatic rings. The fourth-order valence-corrected chi connectivity index (χ4v) is 3.24. The van der Waals surface area contributed by atoms with Crippen molar-refractivity contribution in [3.05, 3.63) is 70.2 Å². The molecule has 0 aliphatic rings. The van der Waals surface area contributed by atoms with Gasteiger partial charge in [-0.2, -0.15) is 0 Å². The van der Waals surface area contributed by atoms with Crippen LogP contribution in [0.15, 0.2) is 42.5 Å². The Bertz CT molecular complexity index is 616. The van der Waals surface area contributed by atoms with Crippen LogP contribution in [0.3, 0.4) is 0 Å². The van der Waals surface area contributed by atoms with Crippen LogP contribution in [0.25, 0.3) is 0 Å². The zero-order valence-electron chi connectivity index (χ0n) is 9.91. The van der Waals surface area contributed by atoms with E-state index in [2.05, 4.69) is 0 Å².